The van der Waals surface area contributed by atoms with Gasteiger partial charge in [0.25, 0.3) is 0 Å². The molecule has 0 aliphatic carbocycles. The average Bonchev–Trinajstić information content (AvgIpc) is 2.26. The Balaban J connectivity index is 2.44. The molecule has 0 aliphatic rings. The summed E-state index contributed by atoms with van der Waals surface area (Å²) in [7, 11) is 0. The van der Waals surface area contributed by atoms with Crippen molar-refractivity contribution < 1.29 is 9.53 Å². The Bertz CT molecular complexity index is 416. The van der Waals surface area contributed by atoms with Crippen LogP contribution in [0.4, 0.5) is 0 Å². The third-order valence-electron chi connectivity index (χ3n) is 2.04. The Kier molecular flexibility index (Phi) is 5.58. The van der Waals surface area contributed by atoms with Gasteiger partial charge in [0.2, 0.25) is 5.91 Å². The Morgan fingerprint density at radius 3 is 2.44 bits per heavy atom. The van der Waals surface area contributed by atoms with Gasteiger partial charge in [-0.05, 0) is 43.8 Å². The summed E-state index contributed by atoms with van der Waals surface area (Å²) in [5, 5.41) is 5.79. The SMILES string of the molecule is CC(=O)NC(=S)NCc1ccc(OC(C)C)cc1. The summed E-state index contributed by atoms with van der Waals surface area (Å²) >= 11 is 4.94. The van der Waals surface area contributed by atoms with Gasteiger partial charge in [0.15, 0.2) is 5.11 Å². The van der Waals surface area contributed by atoms with Gasteiger partial charge >= 0.3 is 0 Å². The quantitative estimate of drug-likeness (QED) is 0.818. The summed E-state index contributed by atoms with van der Waals surface area (Å²) in [4.78, 5) is 10.8. The molecule has 0 aliphatic heterocycles. The third kappa shape index (κ3) is 5.63. The molecule has 0 heterocycles. The molecule has 0 saturated carbocycles. The number of thiocarbonyl (C=S) groups is 1. The Morgan fingerprint density at radius 1 is 1.33 bits per heavy atom. The average molecular weight is 266 g/mol. The zero-order valence-corrected chi connectivity index (χ0v) is 11.6. The molecule has 0 bridgehead atoms. The smallest absolute Gasteiger partial charge is 0.222 e. The van der Waals surface area contributed by atoms with Crippen molar-refractivity contribution in [3.63, 3.8) is 0 Å². The van der Waals surface area contributed by atoms with Gasteiger partial charge in [0.1, 0.15) is 5.75 Å². The molecular formula is C13H18N2O2S. The molecule has 0 radical (unpaired) electrons. The van der Waals surface area contributed by atoms with E-state index < -0.39 is 0 Å². The number of rotatable bonds is 4. The highest BCUT2D eigenvalue weighted by Crippen LogP contribution is 2.13. The summed E-state index contributed by atoms with van der Waals surface area (Å²) < 4.78 is 5.54. The second-order valence-electron chi connectivity index (χ2n) is 4.17. The normalized spacial score (nSPS) is 10.0. The van der Waals surface area contributed by atoms with E-state index in [0.717, 1.165) is 11.3 Å². The van der Waals surface area contributed by atoms with Crippen molar-refractivity contribution in [2.45, 2.75) is 33.4 Å². The highest BCUT2D eigenvalue weighted by molar-refractivity contribution is 7.80. The van der Waals surface area contributed by atoms with Crippen LogP contribution < -0.4 is 15.4 Å². The summed E-state index contributed by atoms with van der Waals surface area (Å²) in [6.07, 6.45) is 0.168. The van der Waals surface area contributed by atoms with Crippen molar-refractivity contribution in [2.24, 2.45) is 0 Å². The van der Waals surface area contributed by atoms with Crippen LogP contribution in [0.25, 0.3) is 0 Å². The van der Waals surface area contributed by atoms with Crippen LogP contribution >= 0.6 is 12.2 Å². The molecular weight excluding hydrogens is 248 g/mol. The number of ether oxygens (including phenoxy) is 1. The Labute approximate surface area is 113 Å². The Morgan fingerprint density at radius 2 is 1.94 bits per heavy atom. The molecule has 2 N–H and O–H groups in total. The van der Waals surface area contributed by atoms with E-state index in [2.05, 4.69) is 10.6 Å². The van der Waals surface area contributed by atoms with Gasteiger partial charge in [-0.3, -0.25) is 4.79 Å². The molecule has 1 amide bonds. The van der Waals surface area contributed by atoms with Crippen molar-refractivity contribution in [1.29, 1.82) is 0 Å². The first-order valence-electron chi connectivity index (χ1n) is 5.78. The van der Waals surface area contributed by atoms with Crippen LogP contribution in [0.3, 0.4) is 0 Å². The fourth-order valence-electron chi connectivity index (χ4n) is 1.34. The molecule has 1 rings (SSSR count). The second-order valence-corrected chi connectivity index (χ2v) is 4.58. The van der Waals surface area contributed by atoms with Crippen LogP contribution in [-0.2, 0) is 11.3 Å². The van der Waals surface area contributed by atoms with E-state index in [1.54, 1.807) is 0 Å². The first-order valence-corrected chi connectivity index (χ1v) is 6.19. The molecule has 98 valence electrons. The van der Waals surface area contributed by atoms with Gasteiger partial charge < -0.3 is 15.4 Å². The van der Waals surface area contributed by atoms with Crippen LogP contribution in [0.2, 0.25) is 0 Å². The number of carbonyl (C=O) groups is 1. The second kappa shape index (κ2) is 6.96. The lowest BCUT2D eigenvalue weighted by atomic mass is 10.2. The molecule has 0 spiro atoms. The van der Waals surface area contributed by atoms with Gasteiger partial charge in [0, 0.05) is 13.5 Å². The molecule has 0 aromatic heterocycles. The highest BCUT2D eigenvalue weighted by atomic mass is 32.1. The number of hydrogen-bond acceptors (Lipinski definition) is 3. The van der Waals surface area contributed by atoms with Gasteiger partial charge in [-0.1, -0.05) is 12.1 Å². The maximum Gasteiger partial charge on any atom is 0.222 e. The van der Waals surface area contributed by atoms with Crippen LogP contribution in [0.1, 0.15) is 26.3 Å². The fraction of sp³-hybridized carbons (Fsp3) is 0.385. The van der Waals surface area contributed by atoms with Crippen molar-refractivity contribution >= 4 is 23.2 Å². The topological polar surface area (TPSA) is 50.4 Å². The van der Waals surface area contributed by atoms with Crippen molar-refractivity contribution in [3.05, 3.63) is 29.8 Å². The summed E-state index contributed by atoms with van der Waals surface area (Å²) in [6.45, 7) is 5.97. The minimum atomic E-state index is -0.173. The van der Waals surface area contributed by atoms with E-state index >= 15 is 0 Å². The summed E-state index contributed by atoms with van der Waals surface area (Å²) in [5.41, 5.74) is 1.07. The summed E-state index contributed by atoms with van der Waals surface area (Å²) in [6, 6.07) is 7.75. The molecule has 18 heavy (non-hydrogen) atoms. The number of amides is 1. The van der Waals surface area contributed by atoms with Gasteiger partial charge in [-0.2, -0.15) is 0 Å². The maximum atomic E-state index is 10.8. The molecule has 4 nitrogen and oxygen atoms in total. The lowest BCUT2D eigenvalue weighted by molar-refractivity contribution is -0.117. The minimum absolute atomic E-state index is 0.168. The molecule has 1 aromatic rings. The highest BCUT2D eigenvalue weighted by Gasteiger charge is 2.00. The molecule has 0 atom stereocenters. The molecule has 1 aromatic carbocycles. The standard InChI is InChI=1S/C13H18N2O2S/c1-9(2)17-12-6-4-11(5-7-12)8-14-13(18)15-10(3)16/h4-7,9H,8H2,1-3H3,(H2,14,15,16,18). The number of nitrogens with one attached hydrogen (secondary N) is 2. The van der Waals surface area contributed by atoms with Crippen LogP contribution in [0, 0.1) is 0 Å². The van der Waals surface area contributed by atoms with E-state index in [1.807, 2.05) is 38.1 Å². The lowest BCUT2D eigenvalue weighted by Crippen LogP contribution is -2.37. The Hall–Kier alpha value is -1.62. The van der Waals surface area contributed by atoms with E-state index in [1.165, 1.54) is 6.92 Å². The van der Waals surface area contributed by atoms with Crippen LogP contribution in [0.15, 0.2) is 24.3 Å². The number of hydrogen-bond donors (Lipinski definition) is 2. The monoisotopic (exact) mass is 266 g/mol. The molecule has 0 saturated heterocycles. The first-order chi connectivity index (χ1) is 8.47. The van der Waals surface area contributed by atoms with E-state index in [9.17, 15) is 4.79 Å². The molecule has 0 unspecified atom stereocenters. The molecule has 5 heteroatoms. The predicted molar refractivity (Wildman–Crippen MR) is 75.5 cm³/mol. The third-order valence-corrected chi connectivity index (χ3v) is 2.28. The maximum absolute atomic E-state index is 10.8. The van der Waals surface area contributed by atoms with Crippen molar-refractivity contribution in [1.82, 2.24) is 10.6 Å². The largest absolute Gasteiger partial charge is 0.491 e. The van der Waals surface area contributed by atoms with Gasteiger partial charge in [-0.25, -0.2) is 0 Å². The lowest BCUT2D eigenvalue weighted by Gasteiger charge is -2.11. The van der Waals surface area contributed by atoms with E-state index in [0.29, 0.717) is 11.7 Å². The fourth-order valence-corrected chi connectivity index (χ4v) is 1.56. The number of benzene rings is 1. The molecule has 0 fully saturated rings. The van der Waals surface area contributed by atoms with E-state index in [4.69, 9.17) is 17.0 Å². The van der Waals surface area contributed by atoms with Crippen LogP contribution in [-0.4, -0.2) is 17.1 Å². The van der Waals surface area contributed by atoms with Crippen LogP contribution in [0.5, 0.6) is 5.75 Å². The minimum Gasteiger partial charge on any atom is -0.491 e. The number of carbonyl (C=O) groups excluding carboxylic acids is 1. The zero-order chi connectivity index (χ0) is 13.5. The van der Waals surface area contributed by atoms with E-state index in [-0.39, 0.29) is 12.0 Å². The van der Waals surface area contributed by atoms with Crippen molar-refractivity contribution in [2.75, 3.05) is 0 Å². The predicted octanol–water partition coefficient (Wildman–Crippen LogP) is 1.98. The summed E-state index contributed by atoms with van der Waals surface area (Å²) in [5.74, 6) is 0.673. The first kappa shape index (κ1) is 14.4. The van der Waals surface area contributed by atoms with Crippen molar-refractivity contribution in [3.8, 4) is 5.75 Å². The van der Waals surface area contributed by atoms with Gasteiger partial charge in [0.05, 0.1) is 6.10 Å². The van der Waals surface area contributed by atoms with Gasteiger partial charge in [-0.15, -0.1) is 0 Å². The zero-order valence-electron chi connectivity index (χ0n) is 10.8.